The van der Waals surface area contributed by atoms with Crippen LogP contribution in [0.15, 0.2) is 30.5 Å². The number of piperazine rings is 1. The number of fused-ring (bicyclic) bond motifs is 1. The molecule has 2 heterocycles. The van der Waals surface area contributed by atoms with E-state index in [1.807, 2.05) is 58.9 Å². The summed E-state index contributed by atoms with van der Waals surface area (Å²) in [6, 6.07) is 6.28. The summed E-state index contributed by atoms with van der Waals surface area (Å²) in [6.07, 6.45) is 2.11. The van der Waals surface area contributed by atoms with Gasteiger partial charge >= 0.3 is 6.09 Å². The number of carbonyl (C=O) groups excluding carboxylic acids is 3. The molecule has 7 heteroatoms. The van der Waals surface area contributed by atoms with E-state index in [1.165, 1.54) is 4.57 Å². The first-order valence-corrected chi connectivity index (χ1v) is 9.98. The first kappa shape index (κ1) is 20.9. The Morgan fingerprint density at radius 2 is 1.72 bits per heavy atom. The summed E-state index contributed by atoms with van der Waals surface area (Å²) in [5.41, 5.74) is 0.886. The van der Waals surface area contributed by atoms with Crippen LogP contribution in [0, 0.1) is 5.92 Å². The lowest BCUT2D eigenvalue weighted by atomic mass is 9.97. The van der Waals surface area contributed by atoms with Crippen LogP contribution in [0.2, 0.25) is 0 Å². The van der Waals surface area contributed by atoms with Gasteiger partial charge in [-0.1, -0.05) is 32.0 Å². The number of aromatic nitrogens is 1. The van der Waals surface area contributed by atoms with Crippen molar-refractivity contribution < 1.29 is 19.1 Å². The molecule has 156 valence electrons. The van der Waals surface area contributed by atoms with Crippen molar-refractivity contribution in [1.29, 1.82) is 0 Å². The Morgan fingerprint density at radius 3 is 2.38 bits per heavy atom. The summed E-state index contributed by atoms with van der Waals surface area (Å²) in [7, 11) is 0. The zero-order valence-corrected chi connectivity index (χ0v) is 17.6. The topological polar surface area (TPSA) is 89.4 Å². The van der Waals surface area contributed by atoms with Crippen LogP contribution in [0.1, 0.15) is 46.6 Å². The molecule has 1 aliphatic heterocycles. The molecule has 1 aliphatic rings. The second-order valence-electron chi connectivity index (χ2n) is 8.98. The van der Waals surface area contributed by atoms with Gasteiger partial charge < -0.3 is 15.4 Å². The fourth-order valence-electron chi connectivity index (χ4n) is 3.55. The van der Waals surface area contributed by atoms with E-state index >= 15 is 0 Å². The Bertz CT molecular complexity index is 939. The average molecular weight is 399 g/mol. The maximum Gasteiger partial charge on any atom is 0.419 e. The highest BCUT2D eigenvalue weighted by Crippen LogP contribution is 2.24. The molecule has 2 aromatic rings. The smallest absolute Gasteiger partial charge is 0.419 e. The number of carbonyl (C=O) groups is 3. The van der Waals surface area contributed by atoms with Gasteiger partial charge in [0.1, 0.15) is 17.7 Å². The third-order valence-electron chi connectivity index (χ3n) is 4.78. The number of hydrogen-bond acceptors (Lipinski definition) is 4. The molecular weight excluding hydrogens is 370 g/mol. The third kappa shape index (κ3) is 4.78. The number of benzene rings is 1. The van der Waals surface area contributed by atoms with Crippen molar-refractivity contribution >= 4 is 28.8 Å². The second-order valence-corrected chi connectivity index (χ2v) is 8.98. The van der Waals surface area contributed by atoms with Gasteiger partial charge in [-0.15, -0.1) is 0 Å². The highest BCUT2D eigenvalue weighted by Gasteiger charge is 2.34. The normalized spacial score (nSPS) is 19.9. The van der Waals surface area contributed by atoms with E-state index in [-0.39, 0.29) is 11.8 Å². The molecule has 7 nitrogen and oxygen atoms in total. The van der Waals surface area contributed by atoms with Crippen molar-refractivity contribution in [3.63, 3.8) is 0 Å². The van der Waals surface area contributed by atoms with Gasteiger partial charge in [-0.2, -0.15) is 0 Å². The Balaban J connectivity index is 1.85. The molecule has 1 aromatic carbocycles. The van der Waals surface area contributed by atoms with Gasteiger partial charge in [0.2, 0.25) is 11.8 Å². The number of nitrogens with one attached hydrogen (secondary N) is 2. The van der Waals surface area contributed by atoms with Gasteiger partial charge in [-0.05, 0) is 44.7 Å². The minimum absolute atomic E-state index is 0.167. The molecule has 29 heavy (non-hydrogen) atoms. The Morgan fingerprint density at radius 1 is 1.10 bits per heavy atom. The average Bonchev–Trinajstić information content (AvgIpc) is 2.96. The van der Waals surface area contributed by atoms with Crippen LogP contribution in [0.25, 0.3) is 10.9 Å². The zero-order chi connectivity index (χ0) is 21.3. The van der Waals surface area contributed by atoms with E-state index in [4.69, 9.17) is 4.74 Å². The molecule has 1 fully saturated rings. The molecular formula is C22H29N3O4. The van der Waals surface area contributed by atoms with Crippen molar-refractivity contribution in [2.24, 2.45) is 5.92 Å². The number of nitrogens with zero attached hydrogens (tertiary/aromatic N) is 1. The van der Waals surface area contributed by atoms with E-state index in [2.05, 4.69) is 10.6 Å². The van der Waals surface area contributed by atoms with Gasteiger partial charge in [-0.3, -0.25) is 14.2 Å². The van der Waals surface area contributed by atoms with Crippen LogP contribution < -0.4 is 10.6 Å². The number of para-hydroxylation sites is 1. The Hall–Kier alpha value is -2.83. The number of amides is 2. The highest BCUT2D eigenvalue weighted by atomic mass is 16.6. The van der Waals surface area contributed by atoms with Gasteiger partial charge in [0.25, 0.3) is 0 Å². The highest BCUT2D eigenvalue weighted by molar-refractivity contribution is 5.98. The lowest BCUT2D eigenvalue weighted by Crippen LogP contribution is -2.62. The van der Waals surface area contributed by atoms with Gasteiger partial charge in [0.05, 0.1) is 5.52 Å². The lowest BCUT2D eigenvalue weighted by Gasteiger charge is -2.30. The van der Waals surface area contributed by atoms with Crippen molar-refractivity contribution in [3.8, 4) is 0 Å². The predicted octanol–water partition coefficient (Wildman–Crippen LogP) is 3.00. The van der Waals surface area contributed by atoms with Crippen molar-refractivity contribution in [3.05, 3.63) is 36.0 Å². The summed E-state index contributed by atoms with van der Waals surface area (Å²) >= 11 is 0. The van der Waals surface area contributed by atoms with E-state index in [0.29, 0.717) is 24.3 Å². The molecule has 3 rings (SSSR count). The minimum atomic E-state index is -0.677. The quantitative estimate of drug-likeness (QED) is 0.827. The molecule has 2 N–H and O–H groups in total. The van der Waals surface area contributed by atoms with Gasteiger partial charge in [0, 0.05) is 18.0 Å². The SMILES string of the molecule is CC(C)C[C@@H]1NC(=O)[C@H](Cc2cn(C(=O)OC(C)(C)C)c3ccccc23)NC1=O. The number of rotatable bonds is 4. The van der Waals surface area contributed by atoms with E-state index < -0.39 is 23.8 Å². The maximum atomic E-state index is 12.6. The molecule has 0 saturated carbocycles. The van der Waals surface area contributed by atoms with Crippen LogP contribution in [0.4, 0.5) is 4.79 Å². The molecule has 0 aliphatic carbocycles. The molecule has 0 bridgehead atoms. The van der Waals surface area contributed by atoms with E-state index in [9.17, 15) is 14.4 Å². The number of hydrogen-bond donors (Lipinski definition) is 2. The molecule has 0 spiro atoms. The van der Waals surface area contributed by atoms with Crippen molar-refractivity contribution in [2.75, 3.05) is 0 Å². The van der Waals surface area contributed by atoms with Gasteiger partial charge in [0.15, 0.2) is 0 Å². The fourth-order valence-corrected chi connectivity index (χ4v) is 3.55. The molecule has 0 radical (unpaired) electrons. The second kappa shape index (κ2) is 7.89. The van der Waals surface area contributed by atoms with Gasteiger partial charge in [-0.25, -0.2) is 4.79 Å². The number of ether oxygens (including phenoxy) is 1. The molecule has 2 amide bonds. The lowest BCUT2D eigenvalue weighted by molar-refractivity contribution is -0.137. The van der Waals surface area contributed by atoms with E-state index in [0.717, 1.165) is 10.9 Å². The first-order valence-electron chi connectivity index (χ1n) is 9.98. The molecule has 2 atom stereocenters. The zero-order valence-electron chi connectivity index (χ0n) is 17.6. The van der Waals surface area contributed by atoms with Crippen LogP contribution in [-0.4, -0.2) is 40.2 Å². The fraction of sp³-hybridized carbons (Fsp3) is 0.500. The predicted molar refractivity (Wildman–Crippen MR) is 111 cm³/mol. The largest absolute Gasteiger partial charge is 0.443 e. The maximum absolute atomic E-state index is 12.6. The summed E-state index contributed by atoms with van der Waals surface area (Å²) in [5, 5.41) is 6.51. The van der Waals surface area contributed by atoms with Crippen LogP contribution in [0.5, 0.6) is 0 Å². The first-order chi connectivity index (χ1) is 13.5. The third-order valence-corrected chi connectivity index (χ3v) is 4.78. The minimum Gasteiger partial charge on any atom is -0.443 e. The molecule has 1 saturated heterocycles. The summed E-state index contributed by atoms with van der Waals surface area (Å²) in [5.74, 6) is -0.0714. The molecule has 1 aromatic heterocycles. The summed E-state index contributed by atoms with van der Waals surface area (Å²) in [6.45, 7) is 9.46. The van der Waals surface area contributed by atoms with Crippen molar-refractivity contribution in [2.45, 2.75) is 65.1 Å². The van der Waals surface area contributed by atoms with Crippen molar-refractivity contribution in [1.82, 2.24) is 15.2 Å². The summed E-state index contributed by atoms with van der Waals surface area (Å²) in [4.78, 5) is 37.6. The Kier molecular flexibility index (Phi) is 5.68. The Labute approximate surface area is 170 Å². The standard InChI is InChI=1S/C22H29N3O4/c1-13(2)10-16-19(26)24-17(20(27)23-16)11-14-12-25(21(28)29-22(3,4)5)18-9-7-6-8-15(14)18/h6-9,12-13,16-17H,10-11H2,1-5H3,(H,23,27)(H,24,26)/t16-,17-/m0/s1. The van der Waals surface area contributed by atoms with E-state index in [1.54, 1.807) is 6.20 Å². The monoisotopic (exact) mass is 399 g/mol. The van der Waals surface area contributed by atoms with Crippen LogP contribution in [-0.2, 0) is 20.7 Å². The summed E-state index contributed by atoms with van der Waals surface area (Å²) < 4.78 is 6.96. The van der Waals surface area contributed by atoms with Crippen LogP contribution in [0.3, 0.4) is 0 Å². The van der Waals surface area contributed by atoms with Crippen LogP contribution >= 0.6 is 0 Å². The molecule has 0 unspecified atom stereocenters.